The largest absolute Gasteiger partial charge is 0.493 e. The predicted molar refractivity (Wildman–Crippen MR) is 119 cm³/mol. The maximum Gasteiger partial charge on any atom is 0.255 e. The highest BCUT2D eigenvalue weighted by atomic mass is 35.5. The molecule has 1 aliphatic rings. The van der Waals surface area contributed by atoms with Crippen LogP contribution >= 0.6 is 11.6 Å². The number of amides is 1. The minimum absolute atomic E-state index is 0.183. The molecule has 1 N–H and O–H groups in total. The molecule has 3 aromatic rings. The van der Waals surface area contributed by atoms with Gasteiger partial charge >= 0.3 is 0 Å². The molecule has 0 aromatic heterocycles. The summed E-state index contributed by atoms with van der Waals surface area (Å²) in [5, 5.41) is 3.57. The van der Waals surface area contributed by atoms with E-state index in [4.69, 9.17) is 30.5 Å². The van der Waals surface area contributed by atoms with Crippen LogP contribution in [0, 0.1) is 6.92 Å². The number of anilines is 1. The third-order valence-electron chi connectivity index (χ3n) is 4.78. The van der Waals surface area contributed by atoms with E-state index in [1.165, 1.54) is 0 Å². The number of fused-ring (bicyclic) bond motifs is 1. The van der Waals surface area contributed by atoms with Gasteiger partial charge in [-0.05, 0) is 67.9 Å². The summed E-state index contributed by atoms with van der Waals surface area (Å²) in [5.41, 5.74) is 2.82. The molecule has 0 fully saturated rings. The maximum absolute atomic E-state index is 12.8. The molecular formula is C24H22ClNO5. The number of benzene rings is 3. The topological polar surface area (TPSA) is 66.0 Å². The lowest BCUT2D eigenvalue weighted by Gasteiger charge is -2.14. The van der Waals surface area contributed by atoms with Crippen LogP contribution in [0.15, 0.2) is 54.6 Å². The van der Waals surface area contributed by atoms with Crippen LogP contribution in [0.4, 0.5) is 5.69 Å². The monoisotopic (exact) mass is 439 g/mol. The molecule has 6 nitrogen and oxygen atoms in total. The van der Waals surface area contributed by atoms with Crippen LogP contribution in [0.3, 0.4) is 0 Å². The predicted octanol–water partition coefficient (Wildman–Crippen LogP) is 5.61. The van der Waals surface area contributed by atoms with Crippen LogP contribution in [0.2, 0.25) is 5.02 Å². The van der Waals surface area contributed by atoms with E-state index in [-0.39, 0.29) is 19.3 Å². The lowest BCUT2D eigenvalue weighted by Crippen LogP contribution is -2.13. The Morgan fingerprint density at radius 3 is 2.68 bits per heavy atom. The third kappa shape index (κ3) is 4.86. The molecule has 1 aliphatic heterocycles. The number of halogens is 1. The van der Waals surface area contributed by atoms with Crippen LogP contribution in [-0.4, -0.2) is 19.3 Å². The van der Waals surface area contributed by atoms with Crippen molar-refractivity contribution in [3.63, 3.8) is 0 Å². The third-order valence-corrected chi connectivity index (χ3v) is 5.20. The molecule has 0 aliphatic carbocycles. The fourth-order valence-corrected chi connectivity index (χ4v) is 3.29. The first kappa shape index (κ1) is 20.9. The summed E-state index contributed by atoms with van der Waals surface area (Å²) in [6, 6.07) is 16.0. The van der Waals surface area contributed by atoms with Crippen LogP contribution in [0.25, 0.3) is 0 Å². The minimum atomic E-state index is -0.245. The molecule has 0 radical (unpaired) electrons. The molecule has 0 atom stereocenters. The Bertz CT molecular complexity index is 1120. The highest BCUT2D eigenvalue weighted by Gasteiger charge is 2.16. The van der Waals surface area contributed by atoms with Gasteiger partial charge in [0.2, 0.25) is 6.79 Å². The highest BCUT2D eigenvalue weighted by Crippen LogP contribution is 2.34. The summed E-state index contributed by atoms with van der Waals surface area (Å²) in [7, 11) is 0. The second kappa shape index (κ2) is 9.18. The van der Waals surface area contributed by atoms with Crippen molar-refractivity contribution >= 4 is 23.2 Å². The van der Waals surface area contributed by atoms with E-state index in [1.807, 2.05) is 26.0 Å². The number of hydrogen-bond donors (Lipinski definition) is 1. The van der Waals surface area contributed by atoms with Crippen LogP contribution in [0.1, 0.15) is 28.4 Å². The SMILES string of the molecule is CCOc1ccc(C(=O)Nc2ccc3c(c2)OCO3)cc1COc1ccc(Cl)c(C)c1. The van der Waals surface area contributed by atoms with E-state index in [2.05, 4.69) is 5.32 Å². The van der Waals surface area contributed by atoms with E-state index in [9.17, 15) is 4.79 Å². The van der Waals surface area contributed by atoms with Crippen molar-refractivity contribution in [2.45, 2.75) is 20.5 Å². The molecule has 0 saturated carbocycles. The molecule has 1 amide bonds. The van der Waals surface area contributed by atoms with E-state index in [0.29, 0.717) is 45.9 Å². The fraction of sp³-hybridized carbons (Fsp3) is 0.208. The lowest BCUT2D eigenvalue weighted by atomic mass is 10.1. The summed E-state index contributed by atoms with van der Waals surface area (Å²) in [5.74, 6) is 2.39. The van der Waals surface area contributed by atoms with Crippen LogP contribution in [-0.2, 0) is 6.61 Å². The fourth-order valence-electron chi connectivity index (χ4n) is 3.18. The van der Waals surface area contributed by atoms with Crippen molar-refractivity contribution in [1.82, 2.24) is 0 Å². The Kier molecular flexibility index (Phi) is 6.18. The summed E-state index contributed by atoms with van der Waals surface area (Å²) in [4.78, 5) is 12.8. The number of hydrogen-bond acceptors (Lipinski definition) is 5. The summed E-state index contributed by atoms with van der Waals surface area (Å²) < 4.78 is 22.3. The molecule has 0 unspecified atom stereocenters. The van der Waals surface area contributed by atoms with E-state index >= 15 is 0 Å². The van der Waals surface area contributed by atoms with Crippen molar-refractivity contribution in [1.29, 1.82) is 0 Å². The van der Waals surface area contributed by atoms with Gasteiger partial charge in [-0.25, -0.2) is 0 Å². The molecule has 160 valence electrons. The quantitative estimate of drug-likeness (QED) is 0.518. The average molecular weight is 440 g/mol. The second-order valence-corrected chi connectivity index (χ2v) is 7.38. The standard InChI is InChI=1S/C24H22ClNO5/c1-3-28-21-8-4-16(11-17(21)13-29-19-6-7-20(25)15(2)10-19)24(27)26-18-5-9-22-23(12-18)31-14-30-22/h4-12H,3,13-14H2,1-2H3,(H,26,27). The van der Waals surface area contributed by atoms with Gasteiger partial charge in [-0.15, -0.1) is 0 Å². The zero-order chi connectivity index (χ0) is 21.8. The van der Waals surface area contributed by atoms with Gasteiger partial charge in [0.25, 0.3) is 5.91 Å². The number of carbonyl (C=O) groups is 1. The van der Waals surface area contributed by atoms with E-state index < -0.39 is 0 Å². The summed E-state index contributed by atoms with van der Waals surface area (Å²) in [6.07, 6.45) is 0. The number of nitrogens with one attached hydrogen (secondary N) is 1. The Morgan fingerprint density at radius 1 is 1.03 bits per heavy atom. The molecule has 4 rings (SSSR count). The molecular weight excluding hydrogens is 418 g/mol. The van der Waals surface area contributed by atoms with Gasteiger partial charge in [0, 0.05) is 27.9 Å². The minimum Gasteiger partial charge on any atom is -0.493 e. The molecule has 0 saturated heterocycles. The molecule has 0 spiro atoms. The van der Waals surface area contributed by atoms with Crippen LogP contribution < -0.4 is 24.3 Å². The molecule has 3 aromatic carbocycles. The van der Waals surface area contributed by atoms with Gasteiger partial charge < -0.3 is 24.3 Å². The molecule has 7 heteroatoms. The van der Waals surface area contributed by atoms with Gasteiger partial charge in [-0.1, -0.05) is 11.6 Å². The van der Waals surface area contributed by atoms with Gasteiger partial charge in [0.15, 0.2) is 11.5 Å². The first-order chi connectivity index (χ1) is 15.0. The number of rotatable bonds is 7. The first-order valence-electron chi connectivity index (χ1n) is 9.89. The summed E-state index contributed by atoms with van der Waals surface area (Å²) in [6.45, 7) is 4.77. The second-order valence-electron chi connectivity index (χ2n) is 6.98. The molecule has 1 heterocycles. The van der Waals surface area contributed by atoms with Crippen molar-refractivity contribution in [3.05, 3.63) is 76.3 Å². The average Bonchev–Trinajstić information content (AvgIpc) is 3.23. The Balaban J connectivity index is 1.51. The van der Waals surface area contributed by atoms with E-state index in [0.717, 1.165) is 11.1 Å². The Morgan fingerprint density at radius 2 is 1.87 bits per heavy atom. The van der Waals surface area contributed by atoms with Crippen molar-refractivity contribution in [2.75, 3.05) is 18.7 Å². The van der Waals surface area contributed by atoms with Gasteiger partial charge in [0.05, 0.1) is 6.61 Å². The van der Waals surface area contributed by atoms with Crippen LogP contribution in [0.5, 0.6) is 23.0 Å². The zero-order valence-electron chi connectivity index (χ0n) is 17.2. The highest BCUT2D eigenvalue weighted by molar-refractivity contribution is 6.31. The first-order valence-corrected chi connectivity index (χ1v) is 10.3. The van der Waals surface area contributed by atoms with Gasteiger partial charge in [0.1, 0.15) is 18.1 Å². The number of aryl methyl sites for hydroxylation is 1. The van der Waals surface area contributed by atoms with Gasteiger partial charge in [-0.2, -0.15) is 0 Å². The Labute approximate surface area is 185 Å². The number of carbonyl (C=O) groups excluding carboxylic acids is 1. The maximum atomic E-state index is 12.8. The Hall–Kier alpha value is -3.38. The summed E-state index contributed by atoms with van der Waals surface area (Å²) >= 11 is 6.08. The smallest absolute Gasteiger partial charge is 0.255 e. The van der Waals surface area contributed by atoms with E-state index in [1.54, 1.807) is 42.5 Å². The normalized spacial score (nSPS) is 11.8. The lowest BCUT2D eigenvalue weighted by molar-refractivity contribution is 0.102. The van der Waals surface area contributed by atoms with Crippen molar-refractivity contribution in [3.8, 4) is 23.0 Å². The molecule has 31 heavy (non-hydrogen) atoms. The zero-order valence-corrected chi connectivity index (χ0v) is 18.0. The number of ether oxygens (including phenoxy) is 4. The molecule has 0 bridgehead atoms. The van der Waals surface area contributed by atoms with Crippen molar-refractivity contribution < 1.29 is 23.7 Å². The van der Waals surface area contributed by atoms with Gasteiger partial charge in [-0.3, -0.25) is 4.79 Å². The van der Waals surface area contributed by atoms with Crippen molar-refractivity contribution in [2.24, 2.45) is 0 Å².